The van der Waals surface area contributed by atoms with Crippen molar-refractivity contribution < 1.29 is 5.11 Å². The fraction of sp³-hybridized carbons (Fsp3) is 0.188. The van der Waals surface area contributed by atoms with Gasteiger partial charge in [-0.25, -0.2) is 0 Å². The van der Waals surface area contributed by atoms with Gasteiger partial charge in [-0.1, -0.05) is 29.3 Å². The first-order chi connectivity index (χ1) is 10.9. The number of nitriles is 1. The number of aromatic nitrogens is 1. The van der Waals surface area contributed by atoms with Gasteiger partial charge in [0.2, 0.25) is 5.88 Å². The molecule has 1 N–H and O–H groups in total. The molecule has 0 fully saturated rings. The molecule has 2 aromatic rings. The summed E-state index contributed by atoms with van der Waals surface area (Å²) in [6, 6.07) is 6.84. The number of pyridine rings is 1. The third kappa shape index (κ3) is 3.09. The number of nitrogens with zero attached hydrogens (tertiary/aromatic N) is 3. The second kappa shape index (κ2) is 6.86. The number of benzene rings is 1. The van der Waals surface area contributed by atoms with Crippen LogP contribution < -0.4 is 5.56 Å². The quantitative estimate of drug-likeness (QED) is 0.855. The van der Waals surface area contributed by atoms with Crippen molar-refractivity contribution in [2.45, 2.75) is 20.4 Å². The van der Waals surface area contributed by atoms with Crippen molar-refractivity contribution >= 4 is 35.1 Å². The van der Waals surface area contributed by atoms with E-state index in [2.05, 4.69) is 4.99 Å². The second-order valence-electron chi connectivity index (χ2n) is 4.73. The highest BCUT2D eigenvalue weighted by Crippen LogP contribution is 2.33. The lowest BCUT2D eigenvalue weighted by atomic mass is 10.1. The van der Waals surface area contributed by atoms with Gasteiger partial charge in [0, 0.05) is 12.8 Å². The molecule has 1 heterocycles. The fourth-order valence-corrected chi connectivity index (χ4v) is 2.66. The van der Waals surface area contributed by atoms with Gasteiger partial charge in [-0.15, -0.1) is 0 Å². The number of aliphatic imine (C=N–C) groups is 1. The van der Waals surface area contributed by atoms with Crippen LogP contribution in [0.3, 0.4) is 0 Å². The number of halogens is 2. The Morgan fingerprint density at radius 1 is 1.39 bits per heavy atom. The molecule has 0 amide bonds. The molecule has 0 spiro atoms. The zero-order chi connectivity index (χ0) is 17.1. The van der Waals surface area contributed by atoms with Gasteiger partial charge in [-0.3, -0.25) is 14.4 Å². The van der Waals surface area contributed by atoms with Gasteiger partial charge in [0.25, 0.3) is 5.56 Å². The molecule has 7 heteroatoms. The highest BCUT2D eigenvalue weighted by molar-refractivity contribution is 6.38. The van der Waals surface area contributed by atoms with Crippen molar-refractivity contribution in [1.82, 2.24) is 4.57 Å². The topological polar surface area (TPSA) is 78.4 Å². The van der Waals surface area contributed by atoms with Crippen LogP contribution in [-0.2, 0) is 6.54 Å². The SMILES string of the molecule is CCn1c(O)c(C=Nc2c(Cl)cccc2Cl)c(C)c(C#N)c1=O. The first kappa shape index (κ1) is 17.1. The molecular weight excluding hydrogens is 337 g/mol. The largest absolute Gasteiger partial charge is 0.494 e. The molecule has 2 rings (SSSR count). The predicted molar refractivity (Wildman–Crippen MR) is 91.2 cm³/mol. The Bertz CT molecular complexity index is 875. The van der Waals surface area contributed by atoms with Crippen LogP contribution in [-0.4, -0.2) is 15.9 Å². The molecule has 118 valence electrons. The molecule has 0 bridgehead atoms. The molecule has 23 heavy (non-hydrogen) atoms. The zero-order valence-electron chi connectivity index (χ0n) is 12.5. The molecule has 1 aromatic carbocycles. The third-order valence-electron chi connectivity index (χ3n) is 3.42. The Kier molecular flexibility index (Phi) is 5.09. The van der Waals surface area contributed by atoms with Gasteiger partial charge < -0.3 is 5.11 Å². The Balaban J connectivity index is 2.68. The molecule has 0 saturated carbocycles. The van der Waals surface area contributed by atoms with Crippen LogP contribution in [0.2, 0.25) is 10.0 Å². The van der Waals surface area contributed by atoms with Crippen molar-refractivity contribution in [3.05, 3.63) is 55.3 Å². The van der Waals surface area contributed by atoms with E-state index in [4.69, 9.17) is 23.2 Å². The van der Waals surface area contributed by atoms with Crippen LogP contribution in [0.1, 0.15) is 23.6 Å². The Labute approximate surface area is 143 Å². The highest BCUT2D eigenvalue weighted by Gasteiger charge is 2.17. The molecule has 0 aliphatic carbocycles. The number of para-hydroxylation sites is 1. The Morgan fingerprint density at radius 3 is 2.52 bits per heavy atom. The van der Waals surface area contributed by atoms with E-state index in [1.165, 1.54) is 6.21 Å². The van der Waals surface area contributed by atoms with Crippen molar-refractivity contribution in [3.8, 4) is 11.9 Å². The minimum Gasteiger partial charge on any atom is -0.494 e. The van der Waals surface area contributed by atoms with Gasteiger partial charge in [0.1, 0.15) is 17.3 Å². The van der Waals surface area contributed by atoms with E-state index in [1.807, 2.05) is 6.07 Å². The number of rotatable bonds is 3. The maximum absolute atomic E-state index is 12.1. The Hall–Kier alpha value is -2.29. The maximum atomic E-state index is 12.1. The van der Waals surface area contributed by atoms with Gasteiger partial charge >= 0.3 is 0 Å². The predicted octanol–water partition coefficient (Wildman–Crippen LogP) is 3.81. The number of hydrogen-bond donors (Lipinski definition) is 1. The minimum absolute atomic E-state index is 0.0312. The van der Waals surface area contributed by atoms with Crippen LogP contribution in [0.25, 0.3) is 0 Å². The molecule has 0 atom stereocenters. The van der Waals surface area contributed by atoms with Crippen LogP contribution in [0, 0.1) is 18.3 Å². The molecule has 1 aromatic heterocycles. The summed E-state index contributed by atoms with van der Waals surface area (Å²) in [6.45, 7) is 3.51. The molecule has 0 aliphatic rings. The van der Waals surface area contributed by atoms with Crippen LogP contribution in [0.4, 0.5) is 5.69 Å². The summed E-state index contributed by atoms with van der Waals surface area (Å²) in [7, 11) is 0. The average molecular weight is 350 g/mol. The van der Waals surface area contributed by atoms with Crippen molar-refractivity contribution in [2.24, 2.45) is 4.99 Å². The van der Waals surface area contributed by atoms with Crippen LogP contribution in [0.5, 0.6) is 5.88 Å². The first-order valence-electron chi connectivity index (χ1n) is 6.76. The molecule has 5 nitrogen and oxygen atoms in total. The summed E-state index contributed by atoms with van der Waals surface area (Å²) in [5, 5.41) is 20.2. The summed E-state index contributed by atoms with van der Waals surface area (Å²) in [5.74, 6) is -0.249. The lowest BCUT2D eigenvalue weighted by Gasteiger charge is -2.12. The van der Waals surface area contributed by atoms with Gasteiger partial charge in [0.05, 0.1) is 15.6 Å². The van der Waals surface area contributed by atoms with Crippen LogP contribution in [0.15, 0.2) is 28.0 Å². The van der Waals surface area contributed by atoms with Crippen molar-refractivity contribution in [3.63, 3.8) is 0 Å². The van der Waals surface area contributed by atoms with Gasteiger partial charge in [-0.2, -0.15) is 5.26 Å². The fourth-order valence-electron chi connectivity index (χ4n) is 2.16. The summed E-state index contributed by atoms with van der Waals surface area (Å²) >= 11 is 12.1. The normalized spacial score (nSPS) is 10.9. The van der Waals surface area contributed by atoms with E-state index in [0.717, 1.165) is 4.57 Å². The molecule has 0 saturated heterocycles. The van der Waals surface area contributed by atoms with E-state index in [0.29, 0.717) is 21.3 Å². The van der Waals surface area contributed by atoms with E-state index in [9.17, 15) is 15.2 Å². The molecular formula is C16H13Cl2N3O2. The summed E-state index contributed by atoms with van der Waals surface area (Å²) in [4.78, 5) is 16.3. The van der Waals surface area contributed by atoms with Crippen LogP contribution >= 0.6 is 23.2 Å². The maximum Gasteiger partial charge on any atom is 0.271 e. The molecule has 0 unspecified atom stereocenters. The third-order valence-corrected chi connectivity index (χ3v) is 4.03. The lowest BCUT2D eigenvalue weighted by molar-refractivity contribution is 0.409. The standard InChI is InChI=1S/C16H13Cl2N3O2/c1-3-21-15(22)10(7-19)9(2)11(16(21)23)8-20-14-12(17)5-4-6-13(14)18/h4-6,8,23H,3H2,1-2H3. The minimum atomic E-state index is -0.530. The van der Waals surface area contributed by atoms with E-state index in [-0.39, 0.29) is 23.6 Å². The van der Waals surface area contributed by atoms with Gasteiger partial charge in [-0.05, 0) is 31.5 Å². The Morgan fingerprint density at radius 2 is 2.00 bits per heavy atom. The molecule has 0 aliphatic heterocycles. The van der Waals surface area contributed by atoms with Crippen molar-refractivity contribution in [1.29, 1.82) is 5.26 Å². The summed E-state index contributed by atoms with van der Waals surface area (Å²) in [5.41, 5.74) is 0.419. The number of aromatic hydroxyl groups is 1. The first-order valence-corrected chi connectivity index (χ1v) is 7.52. The monoisotopic (exact) mass is 349 g/mol. The van der Waals surface area contributed by atoms with E-state index >= 15 is 0 Å². The number of hydrogen-bond acceptors (Lipinski definition) is 4. The van der Waals surface area contributed by atoms with E-state index < -0.39 is 5.56 Å². The lowest BCUT2D eigenvalue weighted by Crippen LogP contribution is -2.24. The van der Waals surface area contributed by atoms with E-state index in [1.54, 1.807) is 32.0 Å². The van der Waals surface area contributed by atoms with Crippen molar-refractivity contribution in [2.75, 3.05) is 0 Å². The summed E-state index contributed by atoms with van der Waals surface area (Å²) < 4.78 is 1.11. The summed E-state index contributed by atoms with van der Waals surface area (Å²) in [6.07, 6.45) is 1.35. The van der Waals surface area contributed by atoms with Gasteiger partial charge in [0.15, 0.2) is 0 Å². The smallest absolute Gasteiger partial charge is 0.271 e. The molecule has 0 radical (unpaired) electrons. The second-order valence-corrected chi connectivity index (χ2v) is 5.54. The zero-order valence-corrected chi connectivity index (χ0v) is 14.0. The highest BCUT2D eigenvalue weighted by atomic mass is 35.5. The average Bonchev–Trinajstić information content (AvgIpc) is 2.50.